The van der Waals surface area contributed by atoms with Crippen molar-refractivity contribution in [1.82, 2.24) is 5.32 Å². The summed E-state index contributed by atoms with van der Waals surface area (Å²) in [5.74, 6) is 0.277. The lowest BCUT2D eigenvalue weighted by Gasteiger charge is -2.05. The molecule has 0 saturated heterocycles. The van der Waals surface area contributed by atoms with E-state index in [1.807, 2.05) is 0 Å². The van der Waals surface area contributed by atoms with Crippen molar-refractivity contribution >= 4 is 17.5 Å². The molecule has 0 aliphatic rings. The molecule has 1 rings (SSSR count). The van der Waals surface area contributed by atoms with Crippen LogP contribution in [0.5, 0.6) is 0 Å². The molecule has 0 spiro atoms. The van der Waals surface area contributed by atoms with E-state index in [-0.39, 0.29) is 5.78 Å². The summed E-state index contributed by atoms with van der Waals surface area (Å²) in [6, 6.07) is 8.69. The van der Waals surface area contributed by atoms with E-state index in [9.17, 15) is 4.79 Å². The first-order valence-corrected chi connectivity index (χ1v) is 7.28. The fourth-order valence-electron chi connectivity index (χ4n) is 1.61. The van der Waals surface area contributed by atoms with E-state index in [2.05, 4.69) is 35.8 Å². The number of carbonyl (C=O) groups is 1. The fraction of sp³-hybridized carbons (Fsp3) is 0.500. The van der Waals surface area contributed by atoms with Gasteiger partial charge in [0.1, 0.15) is 5.78 Å². The van der Waals surface area contributed by atoms with E-state index in [4.69, 9.17) is 0 Å². The molecule has 0 unspecified atom stereocenters. The van der Waals surface area contributed by atoms with Crippen molar-refractivity contribution in [3.8, 4) is 0 Å². The van der Waals surface area contributed by atoms with E-state index >= 15 is 0 Å². The largest absolute Gasteiger partial charge is 0.316 e. The Kier molecular flexibility index (Phi) is 6.97. The first kappa shape index (κ1) is 14.3. The molecule has 0 heterocycles. The first-order chi connectivity index (χ1) is 8.22. The molecule has 0 fully saturated rings. The summed E-state index contributed by atoms with van der Waals surface area (Å²) in [4.78, 5) is 12.0. The van der Waals surface area contributed by atoms with E-state index in [0.29, 0.717) is 6.42 Å². The Hall–Kier alpha value is -0.800. The summed E-state index contributed by atoms with van der Waals surface area (Å²) in [6.45, 7) is 3.56. The zero-order valence-electron chi connectivity index (χ0n) is 10.7. The molecule has 0 aliphatic carbocycles. The highest BCUT2D eigenvalue weighted by Crippen LogP contribution is 2.14. The molecule has 0 amide bonds. The minimum atomic E-state index is 0.277. The molecule has 1 aromatic carbocycles. The third-order valence-electron chi connectivity index (χ3n) is 2.63. The van der Waals surface area contributed by atoms with Crippen molar-refractivity contribution in [2.45, 2.75) is 31.1 Å². The standard InChI is InChI=1S/C14H21NOS/c1-12(16)4-3-10-15-11-9-13-5-7-14(17-2)8-6-13/h5-8,15H,3-4,9-11H2,1-2H3. The lowest BCUT2D eigenvalue weighted by Crippen LogP contribution is -2.19. The van der Waals surface area contributed by atoms with Gasteiger partial charge in [-0.05, 0) is 56.8 Å². The number of carbonyl (C=O) groups excluding carboxylic acids is 1. The van der Waals surface area contributed by atoms with Crippen LogP contribution in [-0.4, -0.2) is 25.1 Å². The molecular weight excluding hydrogens is 230 g/mol. The van der Waals surface area contributed by atoms with Crippen LogP contribution in [0.2, 0.25) is 0 Å². The van der Waals surface area contributed by atoms with Crippen LogP contribution in [0.4, 0.5) is 0 Å². The zero-order chi connectivity index (χ0) is 12.5. The maximum absolute atomic E-state index is 10.7. The molecule has 2 nitrogen and oxygen atoms in total. The van der Waals surface area contributed by atoms with Crippen molar-refractivity contribution in [1.29, 1.82) is 0 Å². The van der Waals surface area contributed by atoms with E-state index < -0.39 is 0 Å². The number of rotatable bonds is 8. The molecule has 3 heteroatoms. The second kappa shape index (κ2) is 8.31. The number of nitrogens with one attached hydrogen (secondary N) is 1. The number of hydrogen-bond donors (Lipinski definition) is 1. The number of thioether (sulfide) groups is 1. The Labute approximate surface area is 108 Å². The summed E-state index contributed by atoms with van der Waals surface area (Å²) in [7, 11) is 0. The zero-order valence-corrected chi connectivity index (χ0v) is 11.5. The van der Waals surface area contributed by atoms with Crippen LogP contribution >= 0.6 is 11.8 Å². The fourth-order valence-corrected chi connectivity index (χ4v) is 2.02. The maximum Gasteiger partial charge on any atom is 0.129 e. The van der Waals surface area contributed by atoms with Crippen molar-refractivity contribution in [3.05, 3.63) is 29.8 Å². The molecule has 17 heavy (non-hydrogen) atoms. The predicted molar refractivity (Wildman–Crippen MR) is 74.7 cm³/mol. The van der Waals surface area contributed by atoms with Crippen molar-refractivity contribution < 1.29 is 4.79 Å². The Bertz CT molecular complexity index is 335. The Morgan fingerprint density at radius 3 is 2.53 bits per heavy atom. The van der Waals surface area contributed by atoms with Gasteiger partial charge in [0.05, 0.1) is 0 Å². The topological polar surface area (TPSA) is 29.1 Å². The highest BCUT2D eigenvalue weighted by Gasteiger charge is 1.95. The monoisotopic (exact) mass is 251 g/mol. The van der Waals surface area contributed by atoms with E-state index in [0.717, 1.165) is 25.9 Å². The van der Waals surface area contributed by atoms with Crippen molar-refractivity contribution in [3.63, 3.8) is 0 Å². The van der Waals surface area contributed by atoms with Crippen molar-refractivity contribution in [2.24, 2.45) is 0 Å². The lowest BCUT2D eigenvalue weighted by atomic mass is 10.1. The quantitative estimate of drug-likeness (QED) is 0.569. The minimum Gasteiger partial charge on any atom is -0.316 e. The molecule has 94 valence electrons. The minimum absolute atomic E-state index is 0.277. The van der Waals surface area contributed by atoms with Gasteiger partial charge in [0, 0.05) is 11.3 Å². The number of ketones is 1. The van der Waals surface area contributed by atoms with Gasteiger partial charge in [-0.2, -0.15) is 0 Å². The molecular formula is C14H21NOS. The van der Waals surface area contributed by atoms with Gasteiger partial charge in [-0.3, -0.25) is 0 Å². The van der Waals surface area contributed by atoms with Gasteiger partial charge in [0.25, 0.3) is 0 Å². The van der Waals surface area contributed by atoms with Gasteiger partial charge in [0.2, 0.25) is 0 Å². The predicted octanol–water partition coefficient (Wildman–Crippen LogP) is 2.91. The molecule has 0 aromatic heterocycles. The van der Waals surface area contributed by atoms with Crippen molar-refractivity contribution in [2.75, 3.05) is 19.3 Å². The number of Topliss-reactive ketones (excluding diaryl/α,β-unsaturated/α-hetero) is 1. The van der Waals surface area contributed by atoms with Crippen LogP contribution < -0.4 is 5.32 Å². The van der Waals surface area contributed by atoms with Crippen LogP contribution in [0.3, 0.4) is 0 Å². The number of hydrogen-bond acceptors (Lipinski definition) is 3. The molecule has 0 saturated carbocycles. The smallest absolute Gasteiger partial charge is 0.129 e. The van der Waals surface area contributed by atoms with Crippen LogP contribution in [0, 0.1) is 0 Å². The second-order valence-corrected chi connectivity index (χ2v) is 5.03. The molecule has 0 aliphatic heterocycles. The van der Waals surface area contributed by atoms with Gasteiger partial charge in [-0.15, -0.1) is 11.8 Å². The highest BCUT2D eigenvalue weighted by atomic mass is 32.2. The molecule has 0 bridgehead atoms. The van der Waals surface area contributed by atoms with Gasteiger partial charge in [-0.1, -0.05) is 12.1 Å². The maximum atomic E-state index is 10.7. The molecule has 1 aromatic rings. The van der Waals surface area contributed by atoms with Crippen LogP contribution in [0.25, 0.3) is 0 Å². The van der Waals surface area contributed by atoms with Gasteiger partial charge in [0.15, 0.2) is 0 Å². The van der Waals surface area contributed by atoms with Gasteiger partial charge in [-0.25, -0.2) is 0 Å². The SMILES string of the molecule is CSc1ccc(CCNCCCC(C)=O)cc1. The number of benzene rings is 1. The summed E-state index contributed by atoms with van der Waals surface area (Å²) in [6.07, 6.45) is 4.77. The van der Waals surface area contributed by atoms with Gasteiger partial charge < -0.3 is 10.1 Å². The van der Waals surface area contributed by atoms with E-state index in [1.165, 1.54) is 10.5 Å². The average Bonchev–Trinajstić information content (AvgIpc) is 2.34. The highest BCUT2D eigenvalue weighted by molar-refractivity contribution is 7.98. The summed E-state index contributed by atoms with van der Waals surface area (Å²) in [5.41, 5.74) is 1.36. The van der Waals surface area contributed by atoms with Gasteiger partial charge >= 0.3 is 0 Å². The normalized spacial score (nSPS) is 10.5. The van der Waals surface area contributed by atoms with E-state index in [1.54, 1.807) is 18.7 Å². The summed E-state index contributed by atoms with van der Waals surface area (Å²) >= 11 is 1.77. The van der Waals surface area contributed by atoms with Crippen LogP contribution in [-0.2, 0) is 11.2 Å². The third kappa shape index (κ3) is 6.49. The average molecular weight is 251 g/mol. The Balaban J connectivity index is 2.11. The Morgan fingerprint density at radius 2 is 1.94 bits per heavy atom. The Morgan fingerprint density at radius 1 is 1.24 bits per heavy atom. The third-order valence-corrected chi connectivity index (χ3v) is 3.38. The molecule has 0 atom stereocenters. The molecule has 0 radical (unpaired) electrons. The molecule has 1 N–H and O–H groups in total. The lowest BCUT2D eigenvalue weighted by molar-refractivity contribution is -0.117. The van der Waals surface area contributed by atoms with Crippen LogP contribution in [0.1, 0.15) is 25.3 Å². The summed E-state index contributed by atoms with van der Waals surface area (Å²) < 4.78 is 0. The van der Waals surface area contributed by atoms with Crippen LogP contribution in [0.15, 0.2) is 29.2 Å². The summed E-state index contributed by atoms with van der Waals surface area (Å²) in [5, 5.41) is 3.36. The second-order valence-electron chi connectivity index (χ2n) is 4.15. The first-order valence-electron chi connectivity index (χ1n) is 6.05.